The van der Waals surface area contributed by atoms with Crippen LogP contribution < -0.4 is 11.1 Å². The average Bonchev–Trinajstić information content (AvgIpc) is 2.80. The summed E-state index contributed by atoms with van der Waals surface area (Å²) in [4.78, 5) is 44.4. The van der Waals surface area contributed by atoms with Gasteiger partial charge in [0.2, 0.25) is 17.7 Å². The van der Waals surface area contributed by atoms with E-state index < -0.39 is 23.3 Å². The molecule has 1 aromatic rings. The highest BCUT2D eigenvalue weighted by molar-refractivity contribution is 6.07. The van der Waals surface area contributed by atoms with Crippen molar-refractivity contribution in [2.24, 2.45) is 11.7 Å². The Bertz CT molecular complexity index is 756. The average molecular weight is 462 g/mol. The Balaban J connectivity index is 3.01. The summed E-state index contributed by atoms with van der Waals surface area (Å²) in [6.45, 7) is 6.48. The minimum absolute atomic E-state index is 0.160. The fourth-order valence-corrected chi connectivity index (χ4v) is 3.60. The number of carbonyl (C=O) groups is 3. The van der Waals surface area contributed by atoms with Gasteiger partial charge in [-0.15, -0.1) is 0 Å². The molecule has 8 nitrogen and oxygen atoms in total. The van der Waals surface area contributed by atoms with Gasteiger partial charge in [0.15, 0.2) is 0 Å². The SMILES string of the molecule is CCC(=O)NC(=O)[C@H](C(=O)N(C)CCN(C)CCN(C)C)[C@](N)(CC)CCc1ccccc1. The number of nitrogens with zero attached hydrogens (tertiary/aromatic N) is 3. The first kappa shape index (κ1) is 28.7. The standard InChI is InChI=1S/C25H43N5O3/c1-7-21(31)27-23(32)22(24(33)30(6)19-18-29(5)17-16-28(3)4)25(26,8-2)15-14-20-12-10-9-11-13-20/h9-13,22H,7-8,14-19,26H2,1-6H3,(H,27,31,32)/t22-,25+/m1/s1. The third-order valence-electron chi connectivity index (χ3n) is 6.17. The van der Waals surface area contributed by atoms with Crippen LogP contribution in [0, 0.1) is 5.92 Å². The fourth-order valence-electron chi connectivity index (χ4n) is 3.60. The first-order valence-corrected chi connectivity index (χ1v) is 11.8. The molecule has 0 fully saturated rings. The molecule has 0 heterocycles. The highest BCUT2D eigenvalue weighted by Gasteiger charge is 2.45. The van der Waals surface area contributed by atoms with E-state index in [0.29, 0.717) is 32.4 Å². The summed E-state index contributed by atoms with van der Waals surface area (Å²) in [5.41, 5.74) is 6.76. The maximum Gasteiger partial charge on any atom is 0.241 e. The van der Waals surface area contributed by atoms with Gasteiger partial charge in [0.25, 0.3) is 0 Å². The van der Waals surface area contributed by atoms with Crippen LogP contribution in [0.5, 0.6) is 0 Å². The monoisotopic (exact) mass is 461 g/mol. The normalized spacial score (nSPS) is 14.1. The van der Waals surface area contributed by atoms with Gasteiger partial charge < -0.3 is 20.4 Å². The van der Waals surface area contributed by atoms with Crippen LogP contribution in [0.15, 0.2) is 30.3 Å². The van der Waals surface area contributed by atoms with Gasteiger partial charge in [-0.3, -0.25) is 19.7 Å². The lowest BCUT2D eigenvalue weighted by atomic mass is 9.76. The van der Waals surface area contributed by atoms with E-state index in [9.17, 15) is 14.4 Å². The van der Waals surface area contributed by atoms with Crippen molar-refractivity contribution in [3.63, 3.8) is 0 Å². The number of aryl methyl sites for hydroxylation is 1. The maximum atomic E-state index is 13.5. The van der Waals surface area contributed by atoms with Gasteiger partial charge in [-0.05, 0) is 46.0 Å². The second-order valence-corrected chi connectivity index (χ2v) is 9.14. The summed E-state index contributed by atoms with van der Waals surface area (Å²) in [5, 5.41) is 2.38. The van der Waals surface area contributed by atoms with Crippen LogP contribution in [0.2, 0.25) is 0 Å². The minimum Gasteiger partial charge on any atom is -0.344 e. The molecule has 0 saturated carbocycles. The minimum atomic E-state index is -1.14. The van der Waals surface area contributed by atoms with E-state index in [1.807, 2.05) is 58.4 Å². The molecule has 0 radical (unpaired) electrons. The Morgan fingerprint density at radius 1 is 0.970 bits per heavy atom. The lowest BCUT2D eigenvalue weighted by Gasteiger charge is -2.37. The molecular weight excluding hydrogens is 418 g/mol. The smallest absolute Gasteiger partial charge is 0.241 e. The van der Waals surface area contributed by atoms with Crippen molar-refractivity contribution in [3.8, 4) is 0 Å². The Hall–Kier alpha value is -2.29. The number of amides is 3. The molecule has 0 unspecified atom stereocenters. The number of carbonyl (C=O) groups excluding carboxylic acids is 3. The van der Waals surface area contributed by atoms with Gasteiger partial charge in [0, 0.05) is 45.2 Å². The van der Waals surface area contributed by atoms with Crippen molar-refractivity contribution in [2.45, 2.75) is 45.1 Å². The van der Waals surface area contributed by atoms with Crippen molar-refractivity contribution in [3.05, 3.63) is 35.9 Å². The Morgan fingerprint density at radius 3 is 2.12 bits per heavy atom. The second-order valence-electron chi connectivity index (χ2n) is 9.14. The summed E-state index contributed by atoms with van der Waals surface area (Å²) in [5.74, 6) is -2.52. The molecule has 186 valence electrons. The summed E-state index contributed by atoms with van der Waals surface area (Å²) < 4.78 is 0. The van der Waals surface area contributed by atoms with E-state index in [1.54, 1.807) is 18.9 Å². The van der Waals surface area contributed by atoms with Crippen molar-refractivity contribution >= 4 is 17.7 Å². The van der Waals surface area contributed by atoms with Crippen LogP contribution in [0.25, 0.3) is 0 Å². The van der Waals surface area contributed by atoms with Gasteiger partial charge >= 0.3 is 0 Å². The van der Waals surface area contributed by atoms with Crippen LogP contribution in [-0.4, -0.2) is 92.3 Å². The summed E-state index contributed by atoms with van der Waals surface area (Å²) >= 11 is 0. The number of nitrogens with two attached hydrogens (primary N) is 1. The molecule has 0 spiro atoms. The quantitative estimate of drug-likeness (QED) is 0.406. The topological polar surface area (TPSA) is 99.0 Å². The molecule has 1 rings (SSSR count). The molecule has 0 saturated heterocycles. The van der Waals surface area contributed by atoms with Crippen LogP contribution in [0.1, 0.15) is 38.7 Å². The fraction of sp³-hybridized carbons (Fsp3) is 0.640. The number of benzene rings is 1. The molecule has 33 heavy (non-hydrogen) atoms. The van der Waals surface area contributed by atoms with Crippen molar-refractivity contribution in [2.75, 3.05) is 54.4 Å². The number of hydrogen-bond acceptors (Lipinski definition) is 6. The molecular formula is C25H43N5O3. The zero-order valence-corrected chi connectivity index (χ0v) is 21.3. The molecule has 0 aliphatic heterocycles. The first-order valence-electron chi connectivity index (χ1n) is 11.8. The lowest BCUT2D eigenvalue weighted by Crippen LogP contribution is -2.60. The van der Waals surface area contributed by atoms with Gasteiger partial charge in [-0.2, -0.15) is 0 Å². The van der Waals surface area contributed by atoms with Gasteiger partial charge in [-0.1, -0.05) is 44.2 Å². The van der Waals surface area contributed by atoms with Crippen molar-refractivity contribution in [1.29, 1.82) is 0 Å². The zero-order valence-electron chi connectivity index (χ0n) is 21.3. The number of rotatable bonds is 14. The molecule has 0 aromatic heterocycles. The predicted molar refractivity (Wildman–Crippen MR) is 133 cm³/mol. The number of hydrogen-bond donors (Lipinski definition) is 2. The summed E-state index contributed by atoms with van der Waals surface area (Å²) in [6.07, 6.45) is 1.68. The first-order chi connectivity index (χ1) is 15.5. The Morgan fingerprint density at radius 2 is 1.58 bits per heavy atom. The molecule has 1 aromatic carbocycles. The van der Waals surface area contributed by atoms with E-state index in [2.05, 4.69) is 15.1 Å². The van der Waals surface area contributed by atoms with Crippen molar-refractivity contribution < 1.29 is 14.4 Å². The van der Waals surface area contributed by atoms with Crippen LogP contribution in [-0.2, 0) is 20.8 Å². The second kappa shape index (κ2) is 14.1. The number of likely N-dealkylation sites (N-methyl/N-ethyl adjacent to an activating group) is 3. The predicted octanol–water partition coefficient (Wildman–Crippen LogP) is 1.35. The third-order valence-corrected chi connectivity index (χ3v) is 6.17. The number of imide groups is 1. The molecule has 0 aliphatic carbocycles. The third kappa shape index (κ3) is 9.61. The largest absolute Gasteiger partial charge is 0.344 e. The van der Waals surface area contributed by atoms with Crippen LogP contribution in [0.4, 0.5) is 0 Å². The van der Waals surface area contributed by atoms with Crippen LogP contribution >= 0.6 is 0 Å². The zero-order chi connectivity index (χ0) is 25.0. The molecule has 2 atom stereocenters. The molecule has 8 heteroatoms. The van der Waals surface area contributed by atoms with E-state index in [1.165, 1.54) is 0 Å². The molecule has 0 aliphatic rings. The van der Waals surface area contributed by atoms with E-state index in [-0.39, 0.29) is 12.3 Å². The van der Waals surface area contributed by atoms with Gasteiger partial charge in [0.05, 0.1) is 0 Å². The molecule has 0 bridgehead atoms. The van der Waals surface area contributed by atoms with E-state index in [0.717, 1.165) is 18.7 Å². The highest BCUT2D eigenvalue weighted by atomic mass is 16.2. The van der Waals surface area contributed by atoms with Crippen molar-refractivity contribution in [1.82, 2.24) is 20.0 Å². The Labute approximate surface area is 199 Å². The van der Waals surface area contributed by atoms with Gasteiger partial charge in [0.1, 0.15) is 5.92 Å². The van der Waals surface area contributed by atoms with Crippen LogP contribution in [0.3, 0.4) is 0 Å². The molecule has 3 N–H and O–H groups in total. The van der Waals surface area contributed by atoms with E-state index in [4.69, 9.17) is 5.73 Å². The van der Waals surface area contributed by atoms with E-state index >= 15 is 0 Å². The highest BCUT2D eigenvalue weighted by Crippen LogP contribution is 2.27. The Kier molecular flexibility index (Phi) is 12.3. The molecule has 3 amide bonds. The lowest BCUT2D eigenvalue weighted by molar-refractivity contribution is -0.146. The summed E-state index contributed by atoms with van der Waals surface area (Å²) in [6, 6.07) is 9.86. The maximum absolute atomic E-state index is 13.5. The van der Waals surface area contributed by atoms with Gasteiger partial charge in [-0.25, -0.2) is 0 Å². The number of nitrogens with one attached hydrogen (secondary N) is 1. The summed E-state index contributed by atoms with van der Waals surface area (Å²) in [7, 11) is 7.74.